The molecule has 0 unspecified atom stereocenters. The summed E-state index contributed by atoms with van der Waals surface area (Å²) in [6.45, 7) is 1.40. The number of carbonyl (C=O) groups is 2. The lowest BCUT2D eigenvalue weighted by Crippen LogP contribution is -2.41. The van der Waals surface area contributed by atoms with Gasteiger partial charge in [0.2, 0.25) is 0 Å². The molecule has 0 bridgehead atoms. The number of methoxy groups -OCH3 is 1. The standard InChI is InChI=1S/C27H27ClN6O6S/c1-39-24-22(18-8-9-33(15-21(35)36)27(38)23(18)32-10-12-40-13-11-32)31-34(26(37)17-4-2-3-5-19(17)29)25(24)30-14-16-6-7-20(28)41-16/h2-9,30H,10-15,29H2,1H3,(H,35,36). The number of hydrogen-bond donors (Lipinski definition) is 3. The van der Waals surface area contributed by atoms with E-state index < -0.39 is 24.0 Å². The minimum Gasteiger partial charge on any atom is -0.491 e. The molecule has 41 heavy (non-hydrogen) atoms. The fourth-order valence-corrected chi connectivity index (χ4v) is 5.64. The maximum Gasteiger partial charge on any atom is 0.323 e. The van der Waals surface area contributed by atoms with Crippen LogP contribution in [0.2, 0.25) is 4.34 Å². The molecule has 0 saturated carbocycles. The average Bonchev–Trinajstić information content (AvgIpc) is 3.55. The van der Waals surface area contributed by atoms with E-state index in [4.69, 9.17) is 26.8 Å². The molecule has 4 heterocycles. The van der Waals surface area contributed by atoms with Crippen LogP contribution in [-0.4, -0.2) is 64.7 Å². The van der Waals surface area contributed by atoms with Crippen molar-refractivity contribution < 1.29 is 24.2 Å². The second-order valence-electron chi connectivity index (χ2n) is 9.10. The smallest absolute Gasteiger partial charge is 0.323 e. The summed E-state index contributed by atoms with van der Waals surface area (Å²) in [4.78, 5) is 41.6. The normalized spacial score (nSPS) is 13.3. The minimum absolute atomic E-state index is 0.223. The van der Waals surface area contributed by atoms with Crippen molar-refractivity contribution in [3.05, 3.63) is 73.8 Å². The molecule has 12 nitrogen and oxygen atoms in total. The minimum atomic E-state index is -1.15. The van der Waals surface area contributed by atoms with Gasteiger partial charge in [-0.1, -0.05) is 23.7 Å². The number of nitrogen functional groups attached to an aromatic ring is 1. The number of hydrogen-bond acceptors (Lipinski definition) is 10. The van der Waals surface area contributed by atoms with Crippen LogP contribution in [0.3, 0.4) is 0 Å². The van der Waals surface area contributed by atoms with Crippen molar-refractivity contribution in [2.45, 2.75) is 13.1 Å². The van der Waals surface area contributed by atoms with Crippen molar-refractivity contribution >= 4 is 52.0 Å². The van der Waals surface area contributed by atoms with Crippen molar-refractivity contribution in [3.63, 3.8) is 0 Å². The molecular weight excluding hydrogens is 572 g/mol. The molecule has 0 amide bonds. The monoisotopic (exact) mass is 598 g/mol. The van der Waals surface area contributed by atoms with Gasteiger partial charge < -0.3 is 35.1 Å². The van der Waals surface area contributed by atoms with Crippen LogP contribution in [0.25, 0.3) is 11.3 Å². The molecule has 1 aromatic carbocycles. The number of carboxylic acid groups (broad SMARTS) is 1. The molecule has 14 heteroatoms. The van der Waals surface area contributed by atoms with E-state index in [0.717, 1.165) is 9.44 Å². The number of morpholine rings is 1. The number of nitrogens with two attached hydrogens (primary N) is 1. The Bertz CT molecular complexity index is 1660. The number of para-hydroxylation sites is 1. The van der Waals surface area contributed by atoms with Crippen LogP contribution >= 0.6 is 22.9 Å². The molecule has 0 radical (unpaired) electrons. The molecule has 5 rings (SSSR count). The number of benzene rings is 1. The highest BCUT2D eigenvalue weighted by Gasteiger charge is 2.30. The number of thiophene rings is 1. The molecule has 0 aliphatic carbocycles. The van der Waals surface area contributed by atoms with Gasteiger partial charge in [0.05, 0.1) is 36.8 Å². The summed E-state index contributed by atoms with van der Waals surface area (Å²) < 4.78 is 14.2. The first-order valence-electron chi connectivity index (χ1n) is 12.6. The number of halogens is 1. The van der Waals surface area contributed by atoms with Crippen LogP contribution in [0.15, 0.2) is 53.5 Å². The number of carboxylic acids is 1. The van der Waals surface area contributed by atoms with Gasteiger partial charge in [-0.05, 0) is 30.3 Å². The average molecular weight is 599 g/mol. The highest BCUT2D eigenvalue weighted by molar-refractivity contribution is 7.16. The Morgan fingerprint density at radius 1 is 1.20 bits per heavy atom. The van der Waals surface area contributed by atoms with Crippen molar-refractivity contribution in [2.75, 3.05) is 49.4 Å². The Hall–Kier alpha value is -4.33. The SMILES string of the molecule is COc1c(-c2ccn(CC(=O)O)c(=O)c2N2CCOCC2)nn(C(=O)c2ccccc2N)c1NCc1ccc(Cl)s1. The second-order valence-corrected chi connectivity index (χ2v) is 10.9. The first-order valence-corrected chi connectivity index (χ1v) is 13.8. The van der Waals surface area contributed by atoms with Gasteiger partial charge in [-0.25, -0.2) is 0 Å². The molecule has 0 atom stereocenters. The van der Waals surface area contributed by atoms with Crippen molar-refractivity contribution in [2.24, 2.45) is 0 Å². The summed E-state index contributed by atoms with van der Waals surface area (Å²) in [5, 5.41) is 17.3. The first-order chi connectivity index (χ1) is 19.8. The van der Waals surface area contributed by atoms with Crippen molar-refractivity contribution in [1.82, 2.24) is 14.3 Å². The quantitative estimate of drug-likeness (QED) is 0.245. The van der Waals surface area contributed by atoms with Crippen LogP contribution in [0.5, 0.6) is 5.75 Å². The van der Waals surface area contributed by atoms with E-state index in [2.05, 4.69) is 10.4 Å². The fraction of sp³-hybridized carbons (Fsp3) is 0.259. The predicted molar refractivity (Wildman–Crippen MR) is 156 cm³/mol. The molecule has 0 spiro atoms. The van der Waals surface area contributed by atoms with E-state index in [0.29, 0.717) is 42.7 Å². The summed E-state index contributed by atoms with van der Waals surface area (Å²) >= 11 is 7.50. The number of pyridine rings is 1. The topological polar surface area (TPSA) is 154 Å². The second kappa shape index (κ2) is 12.0. The summed E-state index contributed by atoms with van der Waals surface area (Å²) in [6, 6.07) is 11.9. The fourth-order valence-electron chi connectivity index (χ4n) is 4.62. The highest BCUT2D eigenvalue weighted by atomic mass is 35.5. The Morgan fingerprint density at radius 2 is 1.95 bits per heavy atom. The van der Waals surface area contributed by atoms with E-state index in [9.17, 15) is 19.5 Å². The molecule has 1 saturated heterocycles. The molecule has 1 aliphatic rings. The third-order valence-corrected chi connectivity index (χ3v) is 7.75. The predicted octanol–water partition coefficient (Wildman–Crippen LogP) is 3.24. The lowest BCUT2D eigenvalue weighted by Gasteiger charge is -2.30. The zero-order valence-electron chi connectivity index (χ0n) is 22.0. The zero-order chi connectivity index (χ0) is 29.1. The van der Waals surface area contributed by atoms with Crippen LogP contribution in [0.1, 0.15) is 15.2 Å². The first kappa shape index (κ1) is 28.2. The van der Waals surface area contributed by atoms with Gasteiger partial charge in [0.25, 0.3) is 11.5 Å². The van der Waals surface area contributed by atoms with Gasteiger partial charge in [-0.2, -0.15) is 9.78 Å². The number of nitrogens with zero attached hydrogens (tertiary/aromatic N) is 4. The third-order valence-electron chi connectivity index (χ3n) is 6.52. The number of aliphatic carboxylic acids is 1. The van der Waals surface area contributed by atoms with Gasteiger partial charge >= 0.3 is 5.97 Å². The summed E-state index contributed by atoms with van der Waals surface area (Å²) in [5.74, 6) is -1.18. The molecular formula is C27H27ClN6O6S. The largest absolute Gasteiger partial charge is 0.491 e. The maximum atomic E-state index is 13.8. The molecule has 1 fully saturated rings. The summed E-state index contributed by atoms with van der Waals surface area (Å²) in [6.07, 6.45) is 1.39. The van der Waals surface area contributed by atoms with Crippen molar-refractivity contribution in [1.29, 1.82) is 0 Å². The van der Waals surface area contributed by atoms with E-state index in [1.807, 2.05) is 11.0 Å². The summed E-state index contributed by atoms with van der Waals surface area (Å²) in [5.41, 5.74) is 6.97. The number of ether oxygens (including phenoxy) is 2. The molecule has 3 aromatic heterocycles. The Kier molecular flexibility index (Phi) is 8.28. The lowest BCUT2D eigenvalue weighted by molar-refractivity contribution is -0.137. The highest BCUT2D eigenvalue weighted by Crippen LogP contribution is 2.40. The van der Waals surface area contributed by atoms with Gasteiger partial charge in [0.15, 0.2) is 11.6 Å². The number of anilines is 3. The Labute approximate surface area is 243 Å². The van der Waals surface area contributed by atoms with Gasteiger partial charge in [0, 0.05) is 35.4 Å². The maximum absolute atomic E-state index is 13.8. The number of nitrogens with one attached hydrogen (secondary N) is 1. The Morgan fingerprint density at radius 3 is 2.61 bits per heavy atom. The van der Waals surface area contributed by atoms with E-state index in [1.54, 1.807) is 36.4 Å². The van der Waals surface area contributed by atoms with E-state index in [1.165, 1.54) is 29.3 Å². The van der Waals surface area contributed by atoms with E-state index in [-0.39, 0.29) is 34.2 Å². The van der Waals surface area contributed by atoms with Crippen LogP contribution < -0.4 is 26.2 Å². The van der Waals surface area contributed by atoms with E-state index >= 15 is 0 Å². The summed E-state index contributed by atoms with van der Waals surface area (Å²) in [7, 11) is 1.44. The molecule has 4 N–H and O–H groups in total. The van der Waals surface area contributed by atoms with Gasteiger partial charge in [0.1, 0.15) is 17.9 Å². The molecule has 214 valence electrons. The number of aromatic nitrogens is 3. The molecule has 1 aliphatic heterocycles. The number of carbonyl (C=O) groups excluding carboxylic acids is 1. The third kappa shape index (κ3) is 5.78. The lowest BCUT2D eigenvalue weighted by atomic mass is 10.1. The Balaban J connectivity index is 1.69. The van der Waals surface area contributed by atoms with Crippen LogP contribution in [0.4, 0.5) is 17.2 Å². The zero-order valence-corrected chi connectivity index (χ0v) is 23.6. The van der Waals surface area contributed by atoms with Gasteiger partial charge in [-0.3, -0.25) is 14.4 Å². The van der Waals surface area contributed by atoms with Crippen molar-refractivity contribution in [3.8, 4) is 17.0 Å². The molecule has 4 aromatic rings. The number of rotatable bonds is 9. The van der Waals surface area contributed by atoms with Crippen LogP contribution in [-0.2, 0) is 22.6 Å². The van der Waals surface area contributed by atoms with Gasteiger partial charge in [-0.15, -0.1) is 11.3 Å². The van der Waals surface area contributed by atoms with Crippen LogP contribution in [0, 0.1) is 0 Å².